The number of carbonyl (C=O) groups excluding carboxylic acids is 1. The van der Waals surface area contributed by atoms with Crippen molar-refractivity contribution in [3.63, 3.8) is 0 Å². The molecule has 0 bridgehead atoms. The van der Waals surface area contributed by atoms with Crippen LogP contribution in [-0.4, -0.2) is 31.8 Å². The van der Waals surface area contributed by atoms with Gasteiger partial charge < -0.3 is 5.32 Å². The number of hydrogen-bond donors (Lipinski definition) is 2. The van der Waals surface area contributed by atoms with Crippen LogP contribution in [0.1, 0.15) is 12.7 Å². The van der Waals surface area contributed by atoms with Gasteiger partial charge in [-0.25, -0.2) is 9.97 Å². The Hall–Kier alpha value is -1.60. The topological polar surface area (TPSA) is 83.6 Å². The molecule has 2 aromatic heterocycles. The SMILES string of the molecule is CCc1nc(SCC(=O)Nc2ccc(Cl)cn2)n[nH]1. The Morgan fingerprint density at radius 1 is 1.53 bits per heavy atom. The van der Waals surface area contributed by atoms with Crippen LogP contribution >= 0.6 is 23.4 Å². The molecule has 2 N–H and O–H groups in total. The van der Waals surface area contributed by atoms with E-state index in [1.807, 2.05) is 6.92 Å². The number of amides is 1. The lowest BCUT2D eigenvalue weighted by molar-refractivity contribution is -0.113. The van der Waals surface area contributed by atoms with E-state index in [1.54, 1.807) is 12.1 Å². The molecule has 8 heteroatoms. The predicted octanol–water partition coefficient (Wildman–Crippen LogP) is 2.15. The van der Waals surface area contributed by atoms with Gasteiger partial charge in [0.1, 0.15) is 11.6 Å². The second-order valence-corrected chi connectivity index (χ2v) is 5.00. The second-order valence-electron chi connectivity index (χ2n) is 3.62. The van der Waals surface area contributed by atoms with Crippen molar-refractivity contribution in [2.75, 3.05) is 11.1 Å². The molecule has 0 fully saturated rings. The third kappa shape index (κ3) is 4.22. The van der Waals surface area contributed by atoms with Crippen LogP contribution in [0.5, 0.6) is 0 Å². The number of anilines is 1. The molecule has 2 heterocycles. The Bertz CT molecular complexity index is 556. The fourth-order valence-electron chi connectivity index (χ4n) is 1.26. The van der Waals surface area contributed by atoms with Crippen LogP contribution in [-0.2, 0) is 11.2 Å². The number of halogens is 1. The maximum atomic E-state index is 11.7. The Kier molecular flexibility index (Phi) is 4.75. The van der Waals surface area contributed by atoms with Crippen molar-refractivity contribution in [1.29, 1.82) is 0 Å². The van der Waals surface area contributed by atoms with Gasteiger partial charge in [0, 0.05) is 12.6 Å². The molecule has 100 valence electrons. The lowest BCUT2D eigenvalue weighted by Gasteiger charge is -2.02. The molecular weight excluding hydrogens is 286 g/mol. The average molecular weight is 298 g/mol. The molecule has 0 radical (unpaired) electrons. The number of aromatic amines is 1. The normalized spacial score (nSPS) is 10.4. The highest BCUT2D eigenvalue weighted by molar-refractivity contribution is 7.99. The molecule has 0 aromatic carbocycles. The summed E-state index contributed by atoms with van der Waals surface area (Å²) in [5.74, 6) is 1.34. The number of carbonyl (C=O) groups is 1. The van der Waals surface area contributed by atoms with E-state index in [4.69, 9.17) is 11.6 Å². The van der Waals surface area contributed by atoms with E-state index in [9.17, 15) is 4.79 Å². The minimum atomic E-state index is -0.164. The third-order valence-corrected chi connectivity index (χ3v) is 3.24. The van der Waals surface area contributed by atoms with Crippen molar-refractivity contribution in [3.8, 4) is 0 Å². The van der Waals surface area contributed by atoms with Crippen LogP contribution in [0.4, 0.5) is 5.82 Å². The largest absolute Gasteiger partial charge is 0.310 e. The highest BCUT2D eigenvalue weighted by atomic mass is 35.5. The molecule has 0 spiro atoms. The smallest absolute Gasteiger partial charge is 0.236 e. The summed E-state index contributed by atoms with van der Waals surface area (Å²) in [4.78, 5) is 19.9. The molecule has 19 heavy (non-hydrogen) atoms. The minimum absolute atomic E-state index is 0.164. The lowest BCUT2D eigenvalue weighted by Crippen LogP contribution is -2.14. The predicted molar refractivity (Wildman–Crippen MR) is 74.4 cm³/mol. The Morgan fingerprint density at radius 3 is 3.00 bits per heavy atom. The van der Waals surface area contributed by atoms with E-state index in [0.717, 1.165) is 12.2 Å². The Morgan fingerprint density at radius 2 is 2.37 bits per heavy atom. The highest BCUT2D eigenvalue weighted by Crippen LogP contribution is 2.14. The second kappa shape index (κ2) is 6.53. The van der Waals surface area contributed by atoms with E-state index in [0.29, 0.717) is 16.0 Å². The summed E-state index contributed by atoms with van der Waals surface area (Å²) in [5, 5.41) is 10.5. The molecule has 0 aliphatic rings. The number of aryl methyl sites for hydroxylation is 1. The number of nitrogens with one attached hydrogen (secondary N) is 2. The van der Waals surface area contributed by atoms with Gasteiger partial charge in [0.15, 0.2) is 0 Å². The van der Waals surface area contributed by atoms with Crippen molar-refractivity contribution in [1.82, 2.24) is 20.2 Å². The van der Waals surface area contributed by atoms with Gasteiger partial charge in [-0.05, 0) is 12.1 Å². The van der Waals surface area contributed by atoms with Gasteiger partial charge in [0.05, 0.1) is 10.8 Å². The van der Waals surface area contributed by atoms with E-state index < -0.39 is 0 Å². The molecule has 2 aromatic rings. The summed E-state index contributed by atoms with van der Waals surface area (Å²) in [6.45, 7) is 1.98. The van der Waals surface area contributed by atoms with Crippen LogP contribution < -0.4 is 5.32 Å². The number of hydrogen-bond acceptors (Lipinski definition) is 5. The minimum Gasteiger partial charge on any atom is -0.310 e. The van der Waals surface area contributed by atoms with Crippen LogP contribution in [0.3, 0.4) is 0 Å². The first-order chi connectivity index (χ1) is 9.17. The van der Waals surface area contributed by atoms with E-state index in [1.165, 1.54) is 18.0 Å². The van der Waals surface area contributed by atoms with Gasteiger partial charge in [-0.3, -0.25) is 9.89 Å². The van der Waals surface area contributed by atoms with E-state index in [2.05, 4.69) is 25.5 Å². The van der Waals surface area contributed by atoms with Crippen molar-refractivity contribution < 1.29 is 4.79 Å². The monoisotopic (exact) mass is 297 g/mol. The van der Waals surface area contributed by atoms with Crippen LogP contribution in [0.25, 0.3) is 0 Å². The number of rotatable bonds is 5. The maximum Gasteiger partial charge on any atom is 0.236 e. The summed E-state index contributed by atoms with van der Waals surface area (Å²) in [5.41, 5.74) is 0. The third-order valence-electron chi connectivity index (χ3n) is 2.17. The highest BCUT2D eigenvalue weighted by Gasteiger charge is 2.07. The molecule has 0 atom stereocenters. The van der Waals surface area contributed by atoms with Gasteiger partial charge in [0.2, 0.25) is 11.1 Å². The van der Waals surface area contributed by atoms with Crippen molar-refractivity contribution >= 4 is 35.1 Å². The van der Waals surface area contributed by atoms with Crippen molar-refractivity contribution in [2.24, 2.45) is 0 Å². The molecule has 2 rings (SSSR count). The maximum absolute atomic E-state index is 11.7. The van der Waals surface area contributed by atoms with Gasteiger partial charge in [-0.1, -0.05) is 30.3 Å². The summed E-state index contributed by atoms with van der Waals surface area (Å²) in [6, 6.07) is 3.31. The first-order valence-corrected chi connectivity index (χ1v) is 6.99. The number of H-pyrrole nitrogens is 1. The molecule has 0 saturated carbocycles. The quantitative estimate of drug-likeness (QED) is 0.826. The Labute approximate surface area is 119 Å². The van der Waals surface area contributed by atoms with Gasteiger partial charge in [-0.2, -0.15) is 0 Å². The fraction of sp³-hybridized carbons (Fsp3) is 0.273. The van der Waals surface area contributed by atoms with Crippen LogP contribution in [0.15, 0.2) is 23.5 Å². The fourth-order valence-corrected chi connectivity index (χ4v) is 1.99. The van der Waals surface area contributed by atoms with Gasteiger partial charge >= 0.3 is 0 Å². The zero-order valence-corrected chi connectivity index (χ0v) is 11.8. The standard InChI is InChI=1S/C11H12ClN5OS/c1-2-8-15-11(17-16-8)19-6-10(18)14-9-4-3-7(12)5-13-9/h3-5H,2,6H2,1H3,(H,13,14,18)(H,15,16,17). The first-order valence-electron chi connectivity index (χ1n) is 5.63. The molecule has 0 saturated heterocycles. The van der Waals surface area contributed by atoms with E-state index >= 15 is 0 Å². The summed E-state index contributed by atoms with van der Waals surface area (Å²) >= 11 is 6.97. The average Bonchev–Trinajstić information content (AvgIpc) is 2.87. The first kappa shape index (κ1) is 13.8. The molecule has 0 unspecified atom stereocenters. The van der Waals surface area contributed by atoms with Crippen LogP contribution in [0, 0.1) is 0 Å². The van der Waals surface area contributed by atoms with Crippen molar-refractivity contribution in [2.45, 2.75) is 18.5 Å². The summed E-state index contributed by atoms with van der Waals surface area (Å²) in [6.07, 6.45) is 2.27. The Balaban J connectivity index is 1.82. The zero-order valence-electron chi connectivity index (χ0n) is 10.2. The number of aromatic nitrogens is 4. The van der Waals surface area contributed by atoms with Gasteiger partial charge in [0.25, 0.3) is 0 Å². The molecule has 1 amide bonds. The van der Waals surface area contributed by atoms with Crippen molar-refractivity contribution in [3.05, 3.63) is 29.2 Å². The number of nitrogens with zero attached hydrogens (tertiary/aromatic N) is 3. The summed E-state index contributed by atoms with van der Waals surface area (Å²) < 4.78 is 0. The lowest BCUT2D eigenvalue weighted by atomic mass is 10.4. The molecule has 0 aliphatic carbocycles. The molecule has 6 nitrogen and oxygen atoms in total. The number of pyridine rings is 1. The van der Waals surface area contributed by atoms with Gasteiger partial charge in [-0.15, -0.1) is 5.10 Å². The molecular formula is C11H12ClN5OS. The number of thioether (sulfide) groups is 1. The summed E-state index contributed by atoms with van der Waals surface area (Å²) in [7, 11) is 0. The zero-order chi connectivity index (χ0) is 13.7. The van der Waals surface area contributed by atoms with E-state index in [-0.39, 0.29) is 11.7 Å². The molecule has 0 aliphatic heterocycles. The van der Waals surface area contributed by atoms with Crippen LogP contribution in [0.2, 0.25) is 5.02 Å².